The average molecular weight is 394 g/mol. The van der Waals surface area contributed by atoms with E-state index in [1.807, 2.05) is 0 Å². The van der Waals surface area contributed by atoms with Crippen LogP contribution in [0.4, 0.5) is 5.69 Å². The molecule has 0 aliphatic carbocycles. The molecule has 1 fully saturated rings. The second-order valence-electron chi connectivity index (χ2n) is 6.82. The number of rotatable bonds is 4. The van der Waals surface area contributed by atoms with Gasteiger partial charge in [-0.2, -0.15) is 0 Å². The fourth-order valence-corrected chi connectivity index (χ4v) is 3.11. The molecule has 29 heavy (non-hydrogen) atoms. The predicted molar refractivity (Wildman–Crippen MR) is 107 cm³/mol. The first-order chi connectivity index (χ1) is 13.8. The lowest BCUT2D eigenvalue weighted by Crippen LogP contribution is -2.50. The van der Waals surface area contributed by atoms with Gasteiger partial charge in [0.1, 0.15) is 5.69 Å². The number of nitrogens with zero attached hydrogens (tertiary/aromatic N) is 3. The number of hydrogen-bond donors (Lipinski definition) is 1. The van der Waals surface area contributed by atoms with Gasteiger partial charge in [-0.1, -0.05) is 12.1 Å². The van der Waals surface area contributed by atoms with Crippen LogP contribution in [0.5, 0.6) is 0 Å². The first kappa shape index (κ1) is 20.2. The van der Waals surface area contributed by atoms with Gasteiger partial charge in [-0.3, -0.25) is 24.2 Å². The summed E-state index contributed by atoms with van der Waals surface area (Å²) < 4.78 is 0. The molecule has 1 aromatic heterocycles. The molecule has 0 spiro atoms. The minimum Gasteiger partial charge on any atom is -0.339 e. The number of amides is 3. The topological polar surface area (TPSA) is 99.7 Å². The van der Waals surface area contributed by atoms with Crippen molar-refractivity contribution in [3.8, 4) is 0 Å². The Labute approximate surface area is 168 Å². The number of carbonyl (C=O) groups is 4. The molecule has 0 saturated carbocycles. The highest BCUT2D eigenvalue weighted by atomic mass is 16.2. The fourth-order valence-electron chi connectivity index (χ4n) is 3.11. The highest BCUT2D eigenvalue weighted by molar-refractivity contribution is 6.05. The van der Waals surface area contributed by atoms with Crippen molar-refractivity contribution in [1.29, 1.82) is 0 Å². The first-order valence-electron chi connectivity index (χ1n) is 9.28. The van der Waals surface area contributed by atoms with Crippen LogP contribution in [-0.4, -0.2) is 64.5 Å². The highest BCUT2D eigenvalue weighted by Gasteiger charge is 2.24. The summed E-state index contributed by atoms with van der Waals surface area (Å²) in [5, 5.41) is 2.69. The third-order valence-electron chi connectivity index (χ3n) is 4.78. The molecule has 2 aromatic rings. The lowest BCUT2D eigenvalue weighted by atomic mass is 10.1. The van der Waals surface area contributed by atoms with Crippen LogP contribution in [0.2, 0.25) is 0 Å². The maximum absolute atomic E-state index is 12.8. The van der Waals surface area contributed by atoms with Crippen LogP contribution in [0.15, 0.2) is 42.6 Å². The Hall–Kier alpha value is -3.55. The fraction of sp³-hybridized carbons (Fsp3) is 0.286. The molecule has 0 radical (unpaired) electrons. The van der Waals surface area contributed by atoms with Gasteiger partial charge < -0.3 is 15.1 Å². The van der Waals surface area contributed by atoms with Gasteiger partial charge in [0.05, 0.1) is 0 Å². The van der Waals surface area contributed by atoms with Crippen molar-refractivity contribution in [2.75, 3.05) is 31.5 Å². The highest BCUT2D eigenvalue weighted by Crippen LogP contribution is 2.14. The van der Waals surface area contributed by atoms with E-state index in [1.54, 1.807) is 40.1 Å². The number of nitrogens with one attached hydrogen (secondary N) is 1. The molecule has 150 valence electrons. The Balaban J connectivity index is 1.70. The lowest BCUT2D eigenvalue weighted by molar-refractivity contribution is -0.130. The smallest absolute Gasteiger partial charge is 0.274 e. The Morgan fingerprint density at radius 2 is 1.59 bits per heavy atom. The van der Waals surface area contributed by atoms with Gasteiger partial charge in [-0.15, -0.1) is 0 Å². The van der Waals surface area contributed by atoms with Gasteiger partial charge in [0.25, 0.3) is 11.8 Å². The molecular formula is C21H22N4O4. The van der Waals surface area contributed by atoms with Crippen LogP contribution in [0.3, 0.4) is 0 Å². The third kappa shape index (κ3) is 4.84. The van der Waals surface area contributed by atoms with Crippen LogP contribution >= 0.6 is 0 Å². The molecule has 0 bridgehead atoms. The van der Waals surface area contributed by atoms with Gasteiger partial charge in [0.2, 0.25) is 5.91 Å². The van der Waals surface area contributed by atoms with Crippen molar-refractivity contribution in [3.63, 3.8) is 0 Å². The van der Waals surface area contributed by atoms with Crippen LogP contribution in [-0.2, 0) is 4.79 Å². The van der Waals surface area contributed by atoms with Crippen LogP contribution in [0.1, 0.15) is 45.1 Å². The molecule has 3 amide bonds. The van der Waals surface area contributed by atoms with Crippen molar-refractivity contribution in [1.82, 2.24) is 14.8 Å². The van der Waals surface area contributed by atoms with Crippen molar-refractivity contribution >= 4 is 29.2 Å². The molecule has 0 unspecified atom stereocenters. The molecule has 1 aliphatic rings. The minimum atomic E-state index is -0.471. The molecule has 1 N–H and O–H groups in total. The number of ketones is 1. The Kier molecular flexibility index (Phi) is 6.01. The summed E-state index contributed by atoms with van der Waals surface area (Å²) in [5.74, 6) is -0.782. The zero-order valence-corrected chi connectivity index (χ0v) is 16.3. The van der Waals surface area contributed by atoms with Crippen LogP contribution < -0.4 is 5.32 Å². The number of Topliss-reactive ketones (excluding diaryl/α,β-unsaturated/α-hetero) is 1. The third-order valence-corrected chi connectivity index (χ3v) is 4.78. The molecule has 8 heteroatoms. The first-order valence-corrected chi connectivity index (χ1v) is 9.28. The van der Waals surface area contributed by atoms with Gasteiger partial charge in [-0.25, -0.2) is 0 Å². The summed E-state index contributed by atoms with van der Waals surface area (Å²) >= 11 is 0. The standard InChI is InChI=1S/C21H22N4O4/c1-14(26)16-4-3-5-18(12-16)23-20(28)19-13-17(6-7-22-19)21(29)25-10-8-24(9-11-25)15(2)27/h3-7,12-13H,8-11H2,1-2H3,(H,23,28). The number of benzene rings is 1. The molecule has 3 rings (SSSR count). The molecular weight excluding hydrogens is 372 g/mol. The van der Waals surface area contributed by atoms with E-state index >= 15 is 0 Å². The van der Waals surface area contributed by atoms with Crippen molar-refractivity contribution < 1.29 is 19.2 Å². The maximum atomic E-state index is 12.8. The summed E-state index contributed by atoms with van der Waals surface area (Å²) in [7, 11) is 0. The summed E-state index contributed by atoms with van der Waals surface area (Å²) in [4.78, 5) is 55.6. The normalized spacial score (nSPS) is 13.7. The van der Waals surface area contributed by atoms with Gasteiger partial charge in [-0.05, 0) is 31.2 Å². The summed E-state index contributed by atoms with van der Waals surface area (Å²) in [5.41, 5.74) is 1.43. The SMILES string of the molecule is CC(=O)c1cccc(NC(=O)c2cc(C(=O)N3CCN(C(C)=O)CC3)ccn2)c1. The number of aromatic nitrogens is 1. The molecule has 8 nitrogen and oxygen atoms in total. The maximum Gasteiger partial charge on any atom is 0.274 e. The van der Waals surface area contributed by atoms with Gasteiger partial charge in [0.15, 0.2) is 5.78 Å². The Morgan fingerprint density at radius 3 is 2.24 bits per heavy atom. The Morgan fingerprint density at radius 1 is 0.897 bits per heavy atom. The second kappa shape index (κ2) is 8.64. The van der Waals surface area contributed by atoms with Crippen molar-refractivity contribution in [2.45, 2.75) is 13.8 Å². The van der Waals surface area contributed by atoms with E-state index in [-0.39, 0.29) is 23.3 Å². The molecule has 1 aromatic carbocycles. The molecule has 0 atom stereocenters. The largest absolute Gasteiger partial charge is 0.339 e. The number of carbonyl (C=O) groups excluding carboxylic acids is 4. The summed E-state index contributed by atoms with van der Waals surface area (Å²) in [6, 6.07) is 9.62. The molecule has 2 heterocycles. The van der Waals surface area contributed by atoms with E-state index in [4.69, 9.17) is 0 Å². The zero-order valence-electron chi connectivity index (χ0n) is 16.3. The van der Waals surface area contributed by atoms with Crippen molar-refractivity contribution in [2.24, 2.45) is 0 Å². The van der Waals surface area contributed by atoms with Crippen LogP contribution in [0, 0.1) is 0 Å². The molecule has 1 saturated heterocycles. The van der Waals surface area contributed by atoms with Crippen LogP contribution in [0.25, 0.3) is 0 Å². The van der Waals surface area contributed by atoms with Gasteiger partial charge in [0, 0.05) is 56.1 Å². The number of anilines is 1. The van der Waals surface area contributed by atoms with Gasteiger partial charge >= 0.3 is 0 Å². The molecule has 1 aliphatic heterocycles. The number of piperazine rings is 1. The average Bonchev–Trinajstić information content (AvgIpc) is 2.73. The van der Waals surface area contributed by atoms with E-state index in [1.165, 1.54) is 26.1 Å². The minimum absolute atomic E-state index is 0.00573. The number of pyridine rings is 1. The van der Waals surface area contributed by atoms with E-state index < -0.39 is 5.91 Å². The van der Waals surface area contributed by atoms with E-state index in [0.717, 1.165) is 0 Å². The predicted octanol–water partition coefficient (Wildman–Crippen LogP) is 1.84. The van der Waals surface area contributed by atoms with Crippen molar-refractivity contribution in [3.05, 3.63) is 59.4 Å². The lowest BCUT2D eigenvalue weighted by Gasteiger charge is -2.34. The number of hydrogen-bond acceptors (Lipinski definition) is 5. The summed E-state index contributed by atoms with van der Waals surface area (Å²) in [6.45, 7) is 4.84. The monoisotopic (exact) mass is 394 g/mol. The quantitative estimate of drug-likeness (QED) is 0.798. The van der Waals surface area contributed by atoms with E-state index in [0.29, 0.717) is 43.0 Å². The Bertz CT molecular complexity index is 965. The summed E-state index contributed by atoms with van der Waals surface area (Å²) in [6.07, 6.45) is 1.42. The van der Waals surface area contributed by atoms with E-state index in [2.05, 4.69) is 10.3 Å². The second-order valence-corrected chi connectivity index (χ2v) is 6.82. The van der Waals surface area contributed by atoms with E-state index in [9.17, 15) is 19.2 Å². The zero-order chi connectivity index (χ0) is 21.0.